The summed E-state index contributed by atoms with van der Waals surface area (Å²) >= 11 is 0. The Morgan fingerprint density at radius 1 is 1.10 bits per heavy atom. The van der Waals surface area contributed by atoms with Gasteiger partial charge in [-0.3, -0.25) is 4.79 Å². The molecule has 7 heteroatoms. The third-order valence-electron chi connectivity index (χ3n) is 5.07. The van der Waals surface area contributed by atoms with Crippen molar-refractivity contribution in [3.05, 3.63) is 48.2 Å². The number of aromatic nitrogens is 3. The lowest BCUT2D eigenvalue weighted by Crippen LogP contribution is -2.38. The molecule has 0 bridgehead atoms. The number of benzene rings is 1. The average Bonchev–Trinajstić information content (AvgIpc) is 3.16. The van der Waals surface area contributed by atoms with Gasteiger partial charge in [-0.1, -0.05) is 44.2 Å². The number of carbonyl (C=O) groups excluding carboxylic acids is 2. The first-order chi connectivity index (χ1) is 14.3. The van der Waals surface area contributed by atoms with Crippen molar-refractivity contribution in [2.45, 2.75) is 46.7 Å². The minimum Gasteiger partial charge on any atom is -0.452 e. The predicted octanol–water partition coefficient (Wildman–Crippen LogP) is 4.00. The summed E-state index contributed by atoms with van der Waals surface area (Å²) in [5.41, 5.74) is 2.48. The fourth-order valence-electron chi connectivity index (χ4n) is 2.99. The average molecular weight is 409 g/mol. The minimum absolute atomic E-state index is 0.00205. The van der Waals surface area contributed by atoms with Crippen LogP contribution in [0.15, 0.2) is 42.6 Å². The molecule has 1 N–H and O–H groups in total. The number of amides is 1. The van der Waals surface area contributed by atoms with E-state index in [1.165, 1.54) is 0 Å². The van der Waals surface area contributed by atoms with Gasteiger partial charge in [0.2, 0.25) is 0 Å². The summed E-state index contributed by atoms with van der Waals surface area (Å²) in [5.74, 6) is -0.606. The lowest BCUT2D eigenvalue weighted by Gasteiger charge is -2.17. The molecule has 0 spiro atoms. The first-order valence-electron chi connectivity index (χ1n) is 10.2. The third kappa shape index (κ3) is 4.67. The number of esters is 1. The second kappa shape index (κ2) is 9.07. The first-order valence-corrected chi connectivity index (χ1v) is 10.2. The maximum Gasteiger partial charge on any atom is 0.339 e. The Morgan fingerprint density at radius 3 is 2.43 bits per heavy atom. The molecule has 1 amide bonds. The molecule has 3 aromatic rings. The fourth-order valence-corrected chi connectivity index (χ4v) is 2.99. The molecule has 0 radical (unpaired) electrons. The van der Waals surface area contributed by atoms with Crippen LogP contribution in [0.2, 0.25) is 0 Å². The number of pyridine rings is 1. The number of nitrogens with zero attached hydrogens (tertiary/aromatic N) is 3. The summed E-state index contributed by atoms with van der Waals surface area (Å²) in [6.07, 6.45) is 1.62. The van der Waals surface area contributed by atoms with Crippen molar-refractivity contribution in [1.82, 2.24) is 20.1 Å². The molecule has 0 saturated heterocycles. The van der Waals surface area contributed by atoms with E-state index in [9.17, 15) is 9.59 Å². The van der Waals surface area contributed by atoms with Gasteiger partial charge in [0.05, 0.1) is 22.8 Å². The van der Waals surface area contributed by atoms with Crippen molar-refractivity contribution in [2.75, 3.05) is 6.61 Å². The second-order valence-corrected chi connectivity index (χ2v) is 8.02. The van der Waals surface area contributed by atoms with Crippen LogP contribution in [0.25, 0.3) is 22.3 Å². The van der Waals surface area contributed by atoms with Crippen LogP contribution in [0.3, 0.4) is 0 Å². The Morgan fingerprint density at radius 2 is 1.80 bits per heavy atom. The van der Waals surface area contributed by atoms with E-state index < -0.39 is 5.97 Å². The van der Waals surface area contributed by atoms with Crippen LogP contribution < -0.4 is 5.32 Å². The van der Waals surface area contributed by atoms with Gasteiger partial charge in [-0.25, -0.2) is 14.5 Å². The highest BCUT2D eigenvalue weighted by Crippen LogP contribution is 2.26. The summed E-state index contributed by atoms with van der Waals surface area (Å²) < 4.78 is 7.10. The van der Waals surface area contributed by atoms with Gasteiger partial charge in [-0.05, 0) is 32.8 Å². The van der Waals surface area contributed by atoms with Gasteiger partial charge in [0.1, 0.15) is 0 Å². The molecule has 0 aliphatic heterocycles. The summed E-state index contributed by atoms with van der Waals surface area (Å²) in [5, 5.41) is 7.83. The Bertz CT molecular complexity index is 1040. The predicted molar refractivity (Wildman–Crippen MR) is 116 cm³/mol. The molecular weight excluding hydrogens is 380 g/mol. The molecule has 0 aliphatic carbocycles. The summed E-state index contributed by atoms with van der Waals surface area (Å²) in [4.78, 5) is 29.7. The molecule has 2 heterocycles. The molecule has 2 aromatic heterocycles. The smallest absolute Gasteiger partial charge is 0.339 e. The second-order valence-electron chi connectivity index (χ2n) is 8.02. The quantitative estimate of drug-likeness (QED) is 0.597. The van der Waals surface area contributed by atoms with Crippen LogP contribution in [0.1, 0.15) is 51.0 Å². The zero-order valence-electron chi connectivity index (χ0n) is 18.0. The topological polar surface area (TPSA) is 86.1 Å². The van der Waals surface area contributed by atoms with E-state index in [2.05, 4.69) is 10.4 Å². The van der Waals surface area contributed by atoms with Crippen LogP contribution in [-0.2, 0) is 9.53 Å². The van der Waals surface area contributed by atoms with E-state index in [0.717, 1.165) is 5.56 Å². The maximum atomic E-state index is 12.9. The Balaban J connectivity index is 1.92. The van der Waals surface area contributed by atoms with Crippen molar-refractivity contribution < 1.29 is 14.3 Å². The van der Waals surface area contributed by atoms with Crippen molar-refractivity contribution in [3.63, 3.8) is 0 Å². The standard InChI is InChI=1S/C23H28N4O3/c1-14(2)16(5)25-21(28)13-30-23(29)18-11-20(17-9-7-6-8-10-17)26-22-19(18)12-24-27(22)15(3)4/h6-12,14-16H,13H2,1-5H3,(H,25,28)/t16-/m1/s1. The molecule has 3 rings (SSSR count). The highest BCUT2D eigenvalue weighted by molar-refractivity contribution is 6.04. The zero-order valence-corrected chi connectivity index (χ0v) is 18.0. The molecule has 158 valence electrons. The Hall–Kier alpha value is -3.22. The Labute approximate surface area is 176 Å². The molecule has 1 aromatic carbocycles. The van der Waals surface area contributed by atoms with Crippen molar-refractivity contribution in [2.24, 2.45) is 5.92 Å². The Kier molecular flexibility index (Phi) is 6.50. The van der Waals surface area contributed by atoms with Crippen molar-refractivity contribution in [3.8, 4) is 11.3 Å². The lowest BCUT2D eigenvalue weighted by atomic mass is 10.1. The number of hydrogen-bond acceptors (Lipinski definition) is 5. The van der Waals surface area contributed by atoms with Gasteiger partial charge in [0, 0.05) is 17.6 Å². The highest BCUT2D eigenvalue weighted by atomic mass is 16.5. The molecule has 30 heavy (non-hydrogen) atoms. The molecular formula is C23H28N4O3. The van der Waals surface area contributed by atoms with Gasteiger partial charge in [0.15, 0.2) is 12.3 Å². The number of ether oxygens (including phenoxy) is 1. The van der Waals surface area contributed by atoms with E-state index >= 15 is 0 Å². The van der Waals surface area contributed by atoms with E-state index in [-0.39, 0.29) is 24.6 Å². The van der Waals surface area contributed by atoms with E-state index in [1.807, 2.05) is 65.0 Å². The van der Waals surface area contributed by atoms with E-state index in [4.69, 9.17) is 9.72 Å². The van der Waals surface area contributed by atoms with Gasteiger partial charge in [-0.15, -0.1) is 0 Å². The van der Waals surface area contributed by atoms with Gasteiger partial charge >= 0.3 is 5.97 Å². The molecule has 0 unspecified atom stereocenters. The van der Waals surface area contributed by atoms with Gasteiger partial charge in [-0.2, -0.15) is 5.10 Å². The normalized spacial score (nSPS) is 12.4. The minimum atomic E-state index is -0.574. The van der Waals surface area contributed by atoms with Crippen LogP contribution in [0, 0.1) is 5.92 Å². The number of nitrogens with one attached hydrogen (secondary N) is 1. The van der Waals surface area contributed by atoms with Crippen molar-refractivity contribution in [1.29, 1.82) is 0 Å². The molecule has 1 atom stereocenters. The maximum absolute atomic E-state index is 12.9. The largest absolute Gasteiger partial charge is 0.452 e. The van der Waals surface area contributed by atoms with Crippen molar-refractivity contribution >= 4 is 22.9 Å². The number of carbonyl (C=O) groups is 2. The summed E-state index contributed by atoms with van der Waals surface area (Å²) in [6.45, 7) is 9.62. The SMILES string of the molecule is CC(C)[C@@H](C)NC(=O)COC(=O)c1cc(-c2ccccc2)nc2c1cnn2C(C)C. The van der Waals surface area contributed by atoms with Crippen LogP contribution in [0.4, 0.5) is 0 Å². The summed E-state index contributed by atoms with van der Waals surface area (Å²) in [6, 6.07) is 11.4. The van der Waals surface area contributed by atoms with E-state index in [1.54, 1.807) is 16.9 Å². The van der Waals surface area contributed by atoms with Gasteiger partial charge < -0.3 is 10.1 Å². The zero-order chi connectivity index (χ0) is 21.8. The lowest BCUT2D eigenvalue weighted by molar-refractivity contribution is -0.125. The van der Waals surface area contributed by atoms with Crippen LogP contribution >= 0.6 is 0 Å². The number of fused-ring (bicyclic) bond motifs is 1. The molecule has 0 saturated carbocycles. The first kappa shape index (κ1) is 21.5. The molecule has 0 aliphatic rings. The fraction of sp³-hybridized carbons (Fsp3) is 0.391. The molecule has 7 nitrogen and oxygen atoms in total. The van der Waals surface area contributed by atoms with E-state index in [0.29, 0.717) is 28.2 Å². The highest BCUT2D eigenvalue weighted by Gasteiger charge is 2.21. The third-order valence-corrected chi connectivity index (χ3v) is 5.07. The number of rotatable bonds is 7. The summed E-state index contributed by atoms with van der Waals surface area (Å²) in [7, 11) is 0. The van der Waals surface area contributed by atoms with Gasteiger partial charge in [0.25, 0.3) is 5.91 Å². The van der Waals surface area contributed by atoms with Crippen LogP contribution in [-0.4, -0.2) is 39.3 Å². The molecule has 0 fully saturated rings. The monoisotopic (exact) mass is 408 g/mol. The number of hydrogen-bond donors (Lipinski definition) is 1. The van der Waals surface area contributed by atoms with Crippen LogP contribution in [0.5, 0.6) is 0 Å².